The first-order valence-corrected chi connectivity index (χ1v) is 8.42. The van der Waals surface area contributed by atoms with Gasteiger partial charge in [0.25, 0.3) is 0 Å². The molecule has 0 N–H and O–H groups in total. The van der Waals surface area contributed by atoms with Crippen molar-refractivity contribution in [3.05, 3.63) is 48.5 Å². The molecule has 0 spiro atoms. The minimum Gasteiger partial charge on any atom is -0.488 e. The summed E-state index contributed by atoms with van der Waals surface area (Å²) in [5, 5.41) is 0. The lowest BCUT2D eigenvalue weighted by molar-refractivity contribution is -0.137. The molecular weight excluding hydrogens is 300 g/mol. The molecule has 24 heavy (non-hydrogen) atoms. The Bertz CT molecular complexity index is 667. The molecule has 0 saturated heterocycles. The molecule has 0 atom stereocenters. The molecule has 0 bridgehead atoms. The number of benzene rings is 2. The summed E-state index contributed by atoms with van der Waals surface area (Å²) in [5.74, 6) is 1.09. The van der Waals surface area contributed by atoms with Gasteiger partial charge in [0.1, 0.15) is 17.1 Å². The largest absolute Gasteiger partial charge is 0.488 e. The van der Waals surface area contributed by atoms with Crippen LogP contribution in [0.25, 0.3) is 11.1 Å². The third-order valence-electron chi connectivity index (χ3n) is 3.98. The Labute approximate surface area is 144 Å². The molecule has 0 unspecified atom stereocenters. The number of hydrogen-bond acceptors (Lipinski definition) is 3. The van der Waals surface area contributed by atoms with Gasteiger partial charge in [-0.3, -0.25) is 4.79 Å². The molecule has 0 aromatic heterocycles. The van der Waals surface area contributed by atoms with E-state index in [0.717, 1.165) is 23.3 Å². The highest BCUT2D eigenvalue weighted by Crippen LogP contribution is 2.27. The predicted octanol–water partition coefficient (Wildman–Crippen LogP) is 5.48. The summed E-state index contributed by atoms with van der Waals surface area (Å²) in [4.78, 5) is 11.6. The quantitative estimate of drug-likeness (QED) is 0.520. The van der Waals surface area contributed by atoms with Crippen LogP contribution >= 0.6 is 0 Å². The number of rotatable bonds is 6. The first-order valence-electron chi connectivity index (χ1n) is 8.42. The van der Waals surface area contributed by atoms with E-state index in [4.69, 9.17) is 9.47 Å². The number of ether oxygens (including phenoxy) is 2. The van der Waals surface area contributed by atoms with E-state index >= 15 is 0 Å². The van der Waals surface area contributed by atoms with Crippen LogP contribution in [0.4, 0.5) is 0 Å². The summed E-state index contributed by atoms with van der Waals surface area (Å²) >= 11 is 0. The highest BCUT2D eigenvalue weighted by Gasteiger charge is 2.16. The van der Waals surface area contributed by atoms with E-state index in [2.05, 4.69) is 20.8 Å². The topological polar surface area (TPSA) is 35.5 Å². The van der Waals surface area contributed by atoms with Crippen molar-refractivity contribution in [3.8, 4) is 22.6 Å². The molecule has 3 heteroatoms. The lowest BCUT2D eigenvalue weighted by Crippen LogP contribution is -2.26. The fraction of sp³-hybridized carbons (Fsp3) is 0.381. The van der Waals surface area contributed by atoms with Crippen molar-refractivity contribution in [2.45, 2.75) is 46.6 Å². The normalized spacial score (nSPS) is 11.4. The third-order valence-corrected chi connectivity index (χ3v) is 3.98. The summed E-state index contributed by atoms with van der Waals surface area (Å²) in [5.41, 5.74) is 2.00. The van der Waals surface area contributed by atoms with Gasteiger partial charge in [-0.2, -0.15) is 0 Å². The molecule has 3 nitrogen and oxygen atoms in total. The lowest BCUT2D eigenvalue weighted by atomic mass is 10.0. The van der Waals surface area contributed by atoms with Gasteiger partial charge in [-0.15, -0.1) is 0 Å². The first-order chi connectivity index (χ1) is 11.3. The summed E-state index contributed by atoms with van der Waals surface area (Å²) in [6.45, 7) is 9.92. The van der Waals surface area contributed by atoms with Crippen LogP contribution < -0.4 is 9.47 Å². The van der Waals surface area contributed by atoms with Crippen LogP contribution in [-0.2, 0) is 4.79 Å². The van der Waals surface area contributed by atoms with E-state index in [0.29, 0.717) is 5.75 Å². The summed E-state index contributed by atoms with van der Waals surface area (Å²) in [7, 11) is 0. The van der Waals surface area contributed by atoms with Crippen LogP contribution in [-0.4, -0.2) is 11.6 Å². The number of hydrogen-bond donors (Lipinski definition) is 0. The van der Waals surface area contributed by atoms with Crippen molar-refractivity contribution in [2.24, 2.45) is 5.92 Å². The monoisotopic (exact) mass is 326 g/mol. The van der Waals surface area contributed by atoms with Crippen molar-refractivity contribution >= 4 is 5.97 Å². The SMILES string of the molecule is CCC(C)(C)Oc1ccc(-c2ccc(OC(=O)C(C)C)cc2)cc1. The zero-order valence-corrected chi connectivity index (χ0v) is 15.1. The molecule has 0 aliphatic rings. The average Bonchev–Trinajstić information content (AvgIpc) is 2.56. The molecule has 0 aliphatic carbocycles. The van der Waals surface area contributed by atoms with Crippen LogP contribution in [0.5, 0.6) is 11.5 Å². The predicted molar refractivity (Wildman–Crippen MR) is 97.3 cm³/mol. The van der Waals surface area contributed by atoms with E-state index in [-0.39, 0.29) is 17.5 Å². The van der Waals surface area contributed by atoms with Gasteiger partial charge in [-0.25, -0.2) is 0 Å². The van der Waals surface area contributed by atoms with Gasteiger partial charge < -0.3 is 9.47 Å². The van der Waals surface area contributed by atoms with Crippen LogP contribution in [0.15, 0.2) is 48.5 Å². The standard InChI is InChI=1S/C21H26O3/c1-6-21(4,5)24-19-13-9-17(10-14-19)16-7-11-18(12-8-16)23-20(22)15(2)3/h7-15H,6H2,1-5H3. The highest BCUT2D eigenvalue weighted by atomic mass is 16.5. The molecule has 0 radical (unpaired) electrons. The Morgan fingerprint density at radius 1 is 0.917 bits per heavy atom. The van der Waals surface area contributed by atoms with Gasteiger partial charge in [0, 0.05) is 0 Å². The molecular formula is C21H26O3. The summed E-state index contributed by atoms with van der Waals surface area (Å²) < 4.78 is 11.3. The molecule has 0 fully saturated rings. The number of esters is 1. The average molecular weight is 326 g/mol. The highest BCUT2D eigenvalue weighted by molar-refractivity contribution is 5.74. The molecule has 128 valence electrons. The van der Waals surface area contributed by atoms with Crippen molar-refractivity contribution < 1.29 is 14.3 Å². The molecule has 0 heterocycles. The zero-order chi connectivity index (χ0) is 17.7. The first kappa shape index (κ1) is 18.1. The second kappa shape index (κ2) is 7.52. The van der Waals surface area contributed by atoms with Crippen LogP contribution in [0.1, 0.15) is 41.0 Å². The third kappa shape index (κ3) is 4.85. The van der Waals surface area contributed by atoms with Gasteiger partial charge in [0.05, 0.1) is 5.92 Å². The second-order valence-corrected chi connectivity index (χ2v) is 6.84. The van der Waals surface area contributed by atoms with Gasteiger partial charge in [0.15, 0.2) is 0 Å². The Kier molecular flexibility index (Phi) is 5.66. The smallest absolute Gasteiger partial charge is 0.313 e. The van der Waals surface area contributed by atoms with Crippen molar-refractivity contribution in [2.75, 3.05) is 0 Å². The maximum Gasteiger partial charge on any atom is 0.313 e. The van der Waals surface area contributed by atoms with E-state index in [1.165, 1.54) is 0 Å². The Balaban J connectivity index is 2.08. The van der Waals surface area contributed by atoms with E-state index in [1.54, 1.807) is 0 Å². The maximum atomic E-state index is 11.6. The van der Waals surface area contributed by atoms with Gasteiger partial charge in [-0.1, -0.05) is 45.0 Å². The van der Waals surface area contributed by atoms with Crippen LogP contribution in [0.2, 0.25) is 0 Å². The van der Waals surface area contributed by atoms with Crippen molar-refractivity contribution in [1.29, 1.82) is 0 Å². The fourth-order valence-electron chi connectivity index (χ4n) is 2.06. The van der Waals surface area contributed by atoms with Crippen LogP contribution in [0.3, 0.4) is 0 Å². The molecule has 0 saturated carbocycles. The minimum absolute atomic E-state index is 0.135. The van der Waals surface area contributed by atoms with Crippen LogP contribution in [0, 0.1) is 5.92 Å². The minimum atomic E-state index is -0.220. The van der Waals surface area contributed by atoms with Crippen molar-refractivity contribution in [1.82, 2.24) is 0 Å². The molecule has 2 rings (SSSR count). The fourth-order valence-corrected chi connectivity index (χ4v) is 2.06. The lowest BCUT2D eigenvalue weighted by Gasteiger charge is -2.24. The van der Waals surface area contributed by atoms with Gasteiger partial charge in [-0.05, 0) is 55.7 Å². The maximum absolute atomic E-state index is 11.6. The van der Waals surface area contributed by atoms with Gasteiger partial charge in [0.2, 0.25) is 0 Å². The van der Waals surface area contributed by atoms with E-state index in [9.17, 15) is 4.79 Å². The van der Waals surface area contributed by atoms with Crippen molar-refractivity contribution in [3.63, 3.8) is 0 Å². The zero-order valence-electron chi connectivity index (χ0n) is 15.1. The molecule has 0 aliphatic heterocycles. The summed E-state index contributed by atoms with van der Waals surface area (Å²) in [6.07, 6.45) is 0.950. The van der Waals surface area contributed by atoms with Gasteiger partial charge >= 0.3 is 5.97 Å². The second-order valence-electron chi connectivity index (χ2n) is 6.84. The Hall–Kier alpha value is -2.29. The Morgan fingerprint density at radius 3 is 1.79 bits per heavy atom. The van der Waals surface area contributed by atoms with E-state index in [1.807, 2.05) is 62.4 Å². The molecule has 0 amide bonds. The van der Waals surface area contributed by atoms with E-state index < -0.39 is 0 Å². The number of carbonyl (C=O) groups is 1. The summed E-state index contributed by atoms with van der Waals surface area (Å²) in [6, 6.07) is 15.6. The Morgan fingerprint density at radius 2 is 1.38 bits per heavy atom. The number of carbonyl (C=O) groups excluding carboxylic acids is 1. The molecule has 2 aromatic rings. The molecule has 2 aromatic carbocycles.